The standard InChI is InChI=1S/C18H29FN4O2/c1-3-5-12-25-13-6-11-21-18(20-4-2)22-14-17(24)23-16-9-7-15(19)8-10-16/h7-10H,3-6,11-14H2,1-2H3,(H,23,24)(H2,20,21,22). The van der Waals surface area contributed by atoms with Crippen LogP contribution in [0.25, 0.3) is 0 Å². The van der Waals surface area contributed by atoms with Crippen molar-refractivity contribution in [2.24, 2.45) is 4.99 Å². The highest BCUT2D eigenvalue weighted by molar-refractivity contribution is 5.94. The lowest BCUT2D eigenvalue weighted by Crippen LogP contribution is -2.38. The van der Waals surface area contributed by atoms with Crippen LogP contribution < -0.4 is 16.0 Å². The Balaban J connectivity index is 2.30. The number of guanidine groups is 1. The van der Waals surface area contributed by atoms with Gasteiger partial charge >= 0.3 is 0 Å². The molecule has 1 rings (SSSR count). The summed E-state index contributed by atoms with van der Waals surface area (Å²) < 4.78 is 18.3. The van der Waals surface area contributed by atoms with Gasteiger partial charge in [-0.2, -0.15) is 0 Å². The zero-order valence-electron chi connectivity index (χ0n) is 15.1. The lowest BCUT2D eigenvalue weighted by atomic mass is 10.3. The van der Waals surface area contributed by atoms with Gasteiger partial charge in [-0.15, -0.1) is 0 Å². The van der Waals surface area contributed by atoms with Gasteiger partial charge in [0.25, 0.3) is 0 Å². The van der Waals surface area contributed by atoms with Gasteiger partial charge in [-0.25, -0.2) is 9.38 Å². The van der Waals surface area contributed by atoms with Gasteiger partial charge in [-0.3, -0.25) is 4.79 Å². The Bertz CT molecular complexity index is 520. The molecular weight excluding hydrogens is 323 g/mol. The second-order valence-electron chi connectivity index (χ2n) is 5.50. The summed E-state index contributed by atoms with van der Waals surface area (Å²) >= 11 is 0. The van der Waals surface area contributed by atoms with Crippen LogP contribution in [0, 0.1) is 5.82 Å². The molecule has 0 radical (unpaired) electrons. The molecule has 7 heteroatoms. The number of unbranched alkanes of at least 4 members (excludes halogenated alkanes) is 1. The number of hydrogen-bond acceptors (Lipinski definition) is 3. The molecule has 0 saturated heterocycles. The van der Waals surface area contributed by atoms with Crippen molar-refractivity contribution in [1.82, 2.24) is 10.6 Å². The number of rotatable bonds is 11. The number of nitrogens with one attached hydrogen (secondary N) is 3. The summed E-state index contributed by atoms with van der Waals surface area (Å²) in [5.74, 6) is -0.00894. The quantitative estimate of drug-likeness (QED) is 0.325. The van der Waals surface area contributed by atoms with Crippen molar-refractivity contribution in [1.29, 1.82) is 0 Å². The maximum Gasteiger partial charge on any atom is 0.246 e. The Morgan fingerprint density at radius 2 is 1.84 bits per heavy atom. The number of ether oxygens (including phenoxy) is 1. The Morgan fingerprint density at radius 1 is 1.12 bits per heavy atom. The van der Waals surface area contributed by atoms with Crippen LogP contribution in [0.3, 0.4) is 0 Å². The molecule has 0 aliphatic rings. The molecule has 6 nitrogen and oxygen atoms in total. The van der Waals surface area contributed by atoms with Gasteiger partial charge in [0.2, 0.25) is 5.91 Å². The highest BCUT2D eigenvalue weighted by Crippen LogP contribution is 2.07. The van der Waals surface area contributed by atoms with E-state index in [1.807, 2.05) is 6.92 Å². The minimum absolute atomic E-state index is 0.0142. The van der Waals surface area contributed by atoms with Gasteiger partial charge in [0.05, 0.1) is 0 Å². The van der Waals surface area contributed by atoms with Gasteiger partial charge in [0.1, 0.15) is 12.4 Å². The van der Waals surface area contributed by atoms with E-state index in [1.54, 1.807) is 0 Å². The summed E-state index contributed by atoms with van der Waals surface area (Å²) in [4.78, 5) is 16.1. The molecule has 25 heavy (non-hydrogen) atoms. The van der Waals surface area contributed by atoms with E-state index >= 15 is 0 Å². The summed E-state index contributed by atoms with van der Waals surface area (Å²) in [5.41, 5.74) is 0.545. The Labute approximate surface area is 149 Å². The number of carbonyl (C=O) groups excluding carboxylic acids is 1. The average molecular weight is 352 g/mol. The third-order valence-corrected chi connectivity index (χ3v) is 3.25. The number of carbonyl (C=O) groups is 1. The van der Waals surface area contributed by atoms with Gasteiger partial charge in [-0.05, 0) is 44.0 Å². The Morgan fingerprint density at radius 3 is 2.52 bits per heavy atom. The molecule has 3 N–H and O–H groups in total. The van der Waals surface area contributed by atoms with Gasteiger partial charge in [0, 0.05) is 32.0 Å². The summed E-state index contributed by atoms with van der Waals surface area (Å²) in [6.45, 7) is 7.02. The van der Waals surface area contributed by atoms with Crippen LogP contribution in [-0.2, 0) is 9.53 Å². The number of nitrogens with zero attached hydrogens (tertiary/aromatic N) is 1. The van der Waals surface area contributed by atoms with Gasteiger partial charge in [0.15, 0.2) is 5.96 Å². The molecule has 1 amide bonds. The first-order valence-electron chi connectivity index (χ1n) is 8.81. The minimum atomic E-state index is -0.340. The van der Waals surface area contributed by atoms with Crippen molar-refractivity contribution in [3.8, 4) is 0 Å². The predicted molar refractivity (Wildman–Crippen MR) is 99.4 cm³/mol. The van der Waals surface area contributed by atoms with E-state index in [0.29, 0.717) is 24.8 Å². The third kappa shape index (κ3) is 10.3. The van der Waals surface area contributed by atoms with E-state index in [-0.39, 0.29) is 18.3 Å². The molecule has 0 fully saturated rings. The van der Waals surface area contributed by atoms with Crippen LogP contribution in [0.2, 0.25) is 0 Å². The molecule has 0 unspecified atom stereocenters. The minimum Gasteiger partial charge on any atom is -0.381 e. The average Bonchev–Trinajstić information content (AvgIpc) is 2.60. The van der Waals surface area contributed by atoms with Crippen LogP contribution >= 0.6 is 0 Å². The van der Waals surface area contributed by atoms with Crippen molar-refractivity contribution in [3.63, 3.8) is 0 Å². The summed E-state index contributed by atoms with van der Waals surface area (Å²) in [7, 11) is 0. The molecule has 140 valence electrons. The fraction of sp³-hybridized carbons (Fsp3) is 0.556. The normalized spacial score (nSPS) is 11.2. The Hall–Kier alpha value is -2.15. The van der Waals surface area contributed by atoms with Crippen LogP contribution in [0.1, 0.15) is 33.1 Å². The van der Waals surface area contributed by atoms with E-state index in [0.717, 1.165) is 32.4 Å². The fourth-order valence-electron chi connectivity index (χ4n) is 1.96. The molecule has 1 aromatic rings. The number of aliphatic imine (C=N–C) groups is 1. The number of anilines is 1. The molecule has 0 spiro atoms. The van der Waals surface area contributed by atoms with E-state index in [1.165, 1.54) is 24.3 Å². The summed E-state index contributed by atoms with van der Waals surface area (Å²) in [5, 5.41) is 8.93. The molecule has 0 bridgehead atoms. The van der Waals surface area contributed by atoms with Crippen molar-refractivity contribution in [3.05, 3.63) is 30.1 Å². The number of halogens is 1. The van der Waals surface area contributed by atoms with E-state index in [9.17, 15) is 9.18 Å². The number of amides is 1. The third-order valence-electron chi connectivity index (χ3n) is 3.25. The molecule has 0 saturated carbocycles. The largest absolute Gasteiger partial charge is 0.381 e. The maximum absolute atomic E-state index is 12.8. The molecule has 0 aromatic heterocycles. The van der Waals surface area contributed by atoms with Crippen LogP contribution in [0.4, 0.5) is 10.1 Å². The number of hydrogen-bond donors (Lipinski definition) is 3. The fourth-order valence-corrected chi connectivity index (χ4v) is 1.96. The summed E-state index contributed by atoms with van der Waals surface area (Å²) in [6.07, 6.45) is 3.09. The van der Waals surface area contributed by atoms with Crippen molar-refractivity contribution in [2.45, 2.75) is 33.1 Å². The zero-order chi connectivity index (χ0) is 18.3. The van der Waals surface area contributed by atoms with E-state index in [2.05, 4.69) is 27.9 Å². The zero-order valence-corrected chi connectivity index (χ0v) is 15.1. The Kier molecular flexibility index (Phi) is 11.0. The van der Waals surface area contributed by atoms with Crippen LogP contribution in [-0.4, -0.2) is 44.7 Å². The first-order valence-corrected chi connectivity index (χ1v) is 8.81. The topological polar surface area (TPSA) is 74.8 Å². The van der Waals surface area contributed by atoms with Crippen molar-refractivity contribution < 1.29 is 13.9 Å². The van der Waals surface area contributed by atoms with Gasteiger partial charge in [-0.1, -0.05) is 13.3 Å². The predicted octanol–water partition coefficient (Wildman–Crippen LogP) is 2.53. The maximum atomic E-state index is 12.8. The highest BCUT2D eigenvalue weighted by atomic mass is 19.1. The summed E-state index contributed by atoms with van der Waals surface area (Å²) in [6, 6.07) is 5.62. The highest BCUT2D eigenvalue weighted by Gasteiger charge is 2.03. The molecule has 1 aromatic carbocycles. The monoisotopic (exact) mass is 352 g/mol. The van der Waals surface area contributed by atoms with E-state index < -0.39 is 0 Å². The van der Waals surface area contributed by atoms with Gasteiger partial charge < -0.3 is 20.7 Å². The molecule has 0 atom stereocenters. The lowest BCUT2D eigenvalue weighted by Gasteiger charge is -2.11. The van der Waals surface area contributed by atoms with Crippen molar-refractivity contribution in [2.75, 3.05) is 38.2 Å². The SMILES string of the molecule is CCCCOCCCNC(=NCC(=O)Nc1ccc(F)cc1)NCC. The smallest absolute Gasteiger partial charge is 0.246 e. The first kappa shape index (κ1) is 20.9. The molecule has 0 heterocycles. The first-order chi connectivity index (χ1) is 12.2. The number of benzene rings is 1. The molecule has 0 aliphatic carbocycles. The molecular formula is C18H29FN4O2. The van der Waals surface area contributed by atoms with E-state index in [4.69, 9.17) is 4.74 Å². The second kappa shape index (κ2) is 13.2. The lowest BCUT2D eigenvalue weighted by molar-refractivity contribution is -0.114. The van der Waals surface area contributed by atoms with Crippen molar-refractivity contribution >= 4 is 17.6 Å². The van der Waals surface area contributed by atoms with Crippen LogP contribution in [0.15, 0.2) is 29.3 Å². The molecule has 0 aliphatic heterocycles. The second-order valence-corrected chi connectivity index (χ2v) is 5.50. The van der Waals surface area contributed by atoms with Crippen LogP contribution in [0.5, 0.6) is 0 Å².